The molecule has 5 nitrogen and oxygen atoms in total. The summed E-state index contributed by atoms with van der Waals surface area (Å²) in [5.74, 6) is -0.404. The molecule has 158 valence electrons. The van der Waals surface area contributed by atoms with Crippen LogP contribution in [0.25, 0.3) is 5.69 Å². The Morgan fingerprint density at radius 2 is 1.90 bits per heavy atom. The van der Waals surface area contributed by atoms with E-state index in [4.69, 9.17) is 0 Å². The van der Waals surface area contributed by atoms with Crippen LogP contribution in [0.5, 0.6) is 0 Å². The van der Waals surface area contributed by atoms with E-state index < -0.39 is 23.5 Å². The molecule has 1 amide bonds. The maximum Gasteiger partial charge on any atom is 0.416 e. The quantitative estimate of drug-likeness (QED) is 0.423. The number of thioether (sulfide) groups is 1. The molecule has 1 heterocycles. The van der Waals surface area contributed by atoms with Crippen LogP contribution in [-0.2, 0) is 12.7 Å². The summed E-state index contributed by atoms with van der Waals surface area (Å²) >= 11 is 1.34. The minimum Gasteiger partial charge on any atom is -0.345 e. The highest BCUT2D eigenvalue weighted by atomic mass is 32.2. The summed E-state index contributed by atoms with van der Waals surface area (Å²) in [5.41, 5.74) is -0.715. The van der Waals surface area contributed by atoms with E-state index in [2.05, 4.69) is 15.5 Å². The molecule has 0 bridgehead atoms. The second-order valence-electron chi connectivity index (χ2n) is 6.29. The van der Waals surface area contributed by atoms with E-state index in [1.54, 1.807) is 0 Å². The van der Waals surface area contributed by atoms with Crippen molar-refractivity contribution < 1.29 is 22.4 Å². The standard InChI is InChI=1S/C20H18F4N4OS/c1-2-10-30-19-27-26-17(12-25-18(29)15-8-3-4-9-16(15)21)28(19)14-7-5-6-13(11-14)20(22,23)24/h3-9,11H,2,10,12H2,1H3,(H,25,29). The predicted molar refractivity (Wildman–Crippen MR) is 105 cm³/mol. The van der Waals surface area contributed by atoms with Gasteiger partial charge in [0, 0.05) is 5.75 Å². The van der Waals surface area contributed by atoms with Gasteiger partial charge in [0.15, 0.2) is 11.0 Å². The van der Waals surface area contributed by atoms with Gasteiger partial charge in [-0.1, -0.05) is 36.9 Å². The van der Waals surface area contributed by atoms with E-state index in [9.17, 15) is 22.4 Å². The molecule has 0 aliphatic carbocycles. The Morgan fingerprint density at radius 1 is 1.13 bits per heavy atom. The lowest BCUT2D eigenvalue weighted by molar-refractivity contribution is -0.137. The molecule has 10 heteroatoms. The van der Waals surface area contributed by atoms with Crippen molar-refractivity contribution in [1.82, 2.24) is 20.1 Å². The first-order chi connectivity index (χ1) is 14.3. The van der Waals surface area contributed by atoms with E-state index in [0.717, 1.165) is 18.6 Å². The number of benzene rings is 2. The number of hydrogen-bond donors (Lipinski definition) is 1. The highest BCUT2D eigenvalue weighted by Gasteiger charge is 2.31. The van der Waals surface area contributed by atoms with Gasteiger partial charge in [0.25, 0.3) is 5.91 Å². The Morgan fingerprint density at radius 3 is 2.60 bits per heavy atom. The number of rotatable bonds is 7. The van der Waals surface area contributed by atoms with Crippen molar-refractivity contribution in [3.63, 3.8) is 0 Å². The number of aromatic nitrogens is 3. The zero-order chi connectivity index (χ0) is 21.7. The smallest absolute Gasteiger partial charge is 0.345 e. The normalized spacial score (nSPS) is 11.5. The highest BCUT2D eigenvalue weighted by Crippen LogP contribution is 2.31. The van der Waals surface area contributed by atoms with Crippen LogP contribution in [0.1, 0.15) is 35.1 Å². The Bertz CT molecular complexity index is 1040. The molecular formula is C20H18F4N4OS. The van der Waals surface area contributed by atoms with Crippen LogP contribution in [0.15, 0.2) is 53.7 Å². The molecule has 0 atom stereocenters. The molecule has 0 saturated carbocycles. The zero-order valence-corrected chi connectivity index (χ0v) is 16.7. The van der Waals surface area contributed by atoms with Gasteiger partial charge >= 0.3 is 6.18 Å². The van der Waals surface area contributed by atoms with Crippen LogP contribution in [0, 0.1) is 5.82 Å². The highest BCUT2D eigenvalue weighted by molar-refractivity contribution is 7.99. The summed E-state index contributed by atoms with van der Waals surface area (Å²) < 4.78 is 54.7. The SMILES string of the molecule is CCCSc1nnc(CNC(=O)c2ccccc2F)n1-c1cccc(C(F)(F)F)c1. The number of alkyl halides is 3. The maximum absolute atomic E-state index is 13.8. The van der Waals surface area contributed by atoms with Crippen LogP contribution < -0.4 is 5.32 Å². The fourth-order valence-electron chi connectivity index (χ4n) is 2.68. The first-order valence-electron chi connectivity index (χ1n) is 9.08. The van der Waals surface area contributed by atoms with E-state index in [0.29, 0.717) is 10.9 Å². The molecule has 3 rings (SSSR count). The third-order valence-electron chi connectivity index (χ3n) is 4.09. The second kappa shape index (κ2) is 9.29. The summed E-state index contributed by atoms with van der Waals surface area (Å²) in [6.45, 7) is 1.83. The number of amides is 1. The number of halogens is 4. The van der Waals surface area contributed by atoms with Gasteiger partial charge in [-0.05, 0) is 36.8 Å². The Labute approximate surface area is 174 Å². The van der Waals surface area contributed by atoms with Crippen molar-refractivity contribution in [1.29, 1.82) is 0 Å². The first-order valence-corrected chi connectivity index (χ1v) is 10.1. The van der Waals surface area contributed by atoms with Crippen LogP contribution in [0.2, 0.25) is 0 Å². The third-order valence-corrected chi connectivity index (χ3v) is 5.23. The van der Waals surface area contributed by atoms with Crippen molar-refractivity contribution in [2.24, 2.45) is 0 Å². The zero-order valence-electron chi connectivity index (χ0n) is 15.9. The molecule has 0 unspecified atom stereocenters. The van der Waals surface area contributed by atoms with Gasteiger partial charge < -0.3 is 5.32 Å². The summed E-state index contributed by atoms with van der Waals surface area (Å²) in [5, 5.41) is 11.0. The first kappa shape index (κ1) is 21.8. The Kier molecular flexibility index (Phi) is 6.76. The lowest BCUT2D eigenvalue weighted by Crippen LogP contribution is -2.25. The minimum atomic E-state index is -4.50. The van der Waals surface area contributed by atoms with Crippen molar-refractivity contribution in [2.75, 3.05) is 5.75 Å². The van der Waals surface area contributed by atoms with Gasteiger partial charge in [0.1, 0.15) is 5.82 Å². The average Bonchev–Trinajstić information content (AvgIpc) is 3.13. The second-order valence-corrected chi connectivity index (χ2v) is 7.36. The van der Waals surface area contributed by atoms with Gasteiger partial charge in [0.05, 0.1) is 23.4 Å². The summed E-state index contributed by atoms with van der Waals surface area (Å²) in [6.07, 6.45) is -3.67. The monoisotopic (exact) mass is 438 g/mol. The molecule has 0 spiro atoms. The number of nitrogens with zero attached hydrogens (tertiary/aromatic N) is 3. The number of hydrogen-bond acceptors (Lipinski definition) is 4. The Balaban J connectivity index is 1.91. The summed E-state index contributed by atoms with van der Waals surface area (Å²) in [7, 11) is 0. The molecule has 3 aromatic rings. The molecule has 2 aromatic carbocycles. The van der Waals surface area contributed by atoms with Crippen LogP contribution >= 0.6 is 11.8 Å². The largest absolute Gasteiger partial charge is 0.416 e. The molecular weight excluding hydrogens is 420 g/mol. The van der Waals surface area contributed by atoms with Crippen molar-refractivity contribution in [2.45, 2.75) is 31.2 Å². The predicted octanol–water partition coefficient (Wildman–Crippen LogP) is 4.86. The van der Waals surface area contributed by atoms with Gasteiger partial charge in [-0.25, -0.2) is 4.39 Å². The fraction of sp³-hybridized carbons (Fsp3) is 0.250. The lowest BCUT2D eigenvalue weighted by atomic mass is 10.2. The molecule has 0 fully saturated rings. The molecule has 1 N–H and O–H groups in total. The molecule has 0 saturated heterocycles. The number of carbonyl (C=O) groups excluding carboxylic acids is 1. The Hall–Kier alpha value is -2.88. The number of carbonyl (C=O) groups is 1. The van der Waals surface area contributed by atoms with Crippen LogP contribution in [0.3, 0.4) is 0 Å². The van der Waals surface area contributed by atoms with E-state index in [-0.39, 0.29) is 23.6 Å². The van der Waals surface area contributed by atoms with Crippen molar-refractivity contribution >= 4 is 17.7 Å². The van der Waals surface area contributed by atoms with Gasteiger partial charge in [-0.2, -0.15) is 13.2 Å². The van der Waals surface area contributed by atoms with Gasteiger partial charge in [-0.3, -0.25) is 9.36 Å². The molecule has 0 aliphatic rings. The maximum atomic E-state index is 13.8. The van der Waals surface area contributed by atoms with Crippen LogP contribution in [0.4, 0.5) is 17.6 Å². The van der Waals surface area contributed by atoms with E-state index in [1.165, 1.54) is 52.7 Å². The van der Waals surface area contributed by atoms with E-state index in [1.807, 2.05) is 6.92 Å². The lowest BCUT2D eigenvalue weighted by Gasteiger charge is -2.13. The summed E-state index contributed by atoms with van der Waals surface area (Å²) in [4.78, 5) is 12.3. The average molecular weight is 438 g/mol. The topological polar surface area (TPSA) is 59.8 Å². The third kappa shape index (κ3) is 4.99. The van der Waals surface area contributed by atoms with Crippen molar-refractivity contribution in [3.05, 3.63) is 71.3 Å². The molecule has 30 heavy (non-hydrogen) atoms. The minimum absolute atomic E-state index is 0.136. The molecule has 1 aromatic heterocycles. The van der Waals surface area contributed by atoms with Crippen LogP contribution in [-0.4, -0.2) is 26.4 Å². The molecule has 0 radical (unpaired) electrons. The fourth-order valence-corrected chi connectivity index (χ4v) is 3.51. The summed E-state index contributed by atoms with van der Waals surface area (Å²) in [6, 6.07) is 10.3. The molecule has 0 aliphatic heterocycles. The van der Waals surface area contributed by atoms with E-state index >= 15 is 0 Å². The van der Waals surface area contributed by atoms with Crippen molar-refractivity contribution in [3.8, 4) is 5.69 Å². The van der Waals surface area contributed by atoms with Gasteiger partial charge in [-0.15, -0.1) is 10.2 Å². The van der Waals surface area contributed by atoms with Gasteiger partial charge in [0.2, 0.25) is 0 Å². The number of nitrogens with one attached hydrogen (secondary N) is 1.